The number of aromatic nitrogens is 2. The average Bonchev–Trinajstić information content (AvgIpc) is 3.02. The molecule has 0 spiro atoms. The van der Waals surface area contributed by atoms with Gasteiger partial charge in [-0.15, -0.1) is 11.3 Å². The van der Waals surface area contributed by atoms with Crippen molar-refractivity contribution in [1.29, 1.82) is 0 Å². The molecule has 5 heteroatoms. The first-order chi connectivity index (χ1) is 8.86. The molecule has 0 radical (unpaired) electrons. The molecule has 0 bridgehead atoms. The van der Waals surface area contributed by atoms with E-state index in [1.165, 1.54) is 19.3 Å². The van der Waals surface area contributed by atoms with E-state index in [0.717, 1.165) is 23.8 Å². The Labute approximate surface area is 111 Å². The van der Waals surface area contributed by atoms with Crippen LogP contribution in [0.5, 0.6) is 0 Å². The third-order valence-corrected chi connectivity index (χ3v) is 4.61. The summed E-state index contributed by atoms with van der Waals surface area (Å²) in [7, 11) is 0. The summed E-state index contributed by atoms with van der Waals surface area (Å²) in [6, 6.07) is 0. The zero-order valence-corrected chi connectivity index (χ0v) is 11.2. The van der Waals surface area contributed by atoms with Crippen molar-refractivity contribution < 1.29 is 4.74 Å². The first-order valence-corrected chi connectivity index (χ1v) is 7.43. The Hall–Kier alpha value is -0.910. The van der Waals surface area contributed by atoms with E-state index in [9.17, 15) is 0 Å². The maximum absolute atomic E-state index is 5.81. The number of fused-ring (bicyclic) bond motifs is 1. The zero-order valence-electron chi connectivity index (χ0n) is 10.4. The van der Waals surface area contributed by atoms with E-state index in [1.807, 2.05) is 22.2 Å². The molecule has 1 saturated carbocycles. The molecule has 2 unspecified atom stereocenters. The van der Waals surface area contributed by atoms with Crippen LogP contribution in [0.4, 0.5) is 0 Å². The van der Waals surface area contributed by atoms with E-state index in [0.29, 0.717) is 18.4 Å². The van der Waals surface area contributed by atoms with Gasteiger partial charge in [-0.25, -0.2) is 4.98 Å². The van der Waals surface area contributed by atoms with Crippen LogP contribution < -0.4 is 5.73 Å². The summed E-state index contributed by atoms with van der Waals surface area (Å²) in [5, 5.41) is 2.04. The summed E-state index contributed by atoms with van der Waals surface area (Å²) in [5.74, 6) is 1.31. The van der Waals surface area contributed by atoms with Crippen LogP contribution in [0.2, 0.25) is 0 Å². The van der Waals surface area contributed by atoms with Gasteiger partial charge in [0.25, 0.3) is 0 Å². The molecule has 0 saturated heterocycles. The van der Waals surface area contributed by atoms with E-state index >= 15 is 0 Å². The second-order valence-electron chi connectivity index (χ2n) is 5.03. The van der Waals surface area contributed by atoms with Crippen molar-refractivity contribution in [3.8, 4) is 0 Å². The number of thiazole rings is 1. The molecular weight excluding hydrogens is 246 g/mol. The molecule has 4 nitrogen and oxygen atoms in total. The lowest BCUT2D eigenvalue weighted by Gasteiger charge is -2.17. The molecule has 2 aromatic heterocycles. The lowest BCUT2D eigenvalue weighted by Crippen LogP contribution is -2.22. The van der Waals surface area contributed by atoms with Crippen LogP contribution in [0.1, 0.15) is 25.0 Å². The Balaban J connectivity index is 1.51. The van der Waals surface area contributed by atoms with E-state index < -0.39 is 0 Å². The summed E-state index contributed by atoms with van der Waals surface area (Å²) in [5.41, 5.74) is 6.79. The van der Waals surface area contributed by atoms with E-state index in [-0.39, 0.29) is 0 Å². The molecule has 2 N–H and O–H groups in total. The van der Waals surface area contributed by atoms with Gasteiger partial charge in [-0.3, -0.25) is 4.40 Å². The fourth-order valence-electron chi connectivity index (χ4n) is 2.80. The Morgan fingerprint density at radius 1 is 1.44 bits per heavy atom. The summed E-state index contributed by atoms with van der Waals surface area (Å²) < 4.78 is 7.85. The molecular formula is C13H19N3OS. The van der Waals surface area contributed by atoms with Gasteiger partial charge in [-0.05, 0) is 31.2 Å². The van der Waals surface area contributed by atoms with Gasteiger partial charge in [0.1, 0.15) is 0 Å². The highest BCUT2D eigenvalue weighted by Gasteiger charge is 2.25. The normalized spacial score (nSPS) is 24.1. The SMILES string of the molecule is NCC1CCCC1COCc1cn2ccsc2n1. The molecule has 1 aliphatic carbocycles. The highest BCUT2D eigenvalue weighted by Crippen LogP contribution is 2.31. The summed E-state index contributed by atoms with van der Waals surface area (Å²) >= 11 is 1.65. The molecule has 0 amide bonds. The second kappa shape index (κ2) is 5.38. The fraction of sp³-hybridized carbons (Fsp3) is 0.615. The van der Waals surface area contributed by atoms with Crippen LogP contribution >= 0.6 is 11.3 Å². The lowest BCUT2D eigenvalue weighted by atomic mass is 9.97. The molecule has 2 aromatic rings. The Kier molecular flexibility index (Phi) is 3.63. The van der Waals surface area contributed by atoms with Crippen LogP contribution in [0, 0.1) is 11.8 Å². The quantitative estimate of drug-likeness (QED) is 0.902. The average molecular weight is 265 g/mol. The number of nitrogens with two attached hydrogens (primary N) is 1. The molecule has 0 aliphatic heterocycles. The molecule has 1 fully saturated rings. The minimum absolute atomic E-state index is 0.613. The van der Waals surface area contributed by atoms with Crippen molar-refractivity contribution in [1.82, 2.24) is 9.38 Å². The Bertz CT molecular complexity index is 479. The first-order valence-electron chi connectivity index (χ1n) is 6.55. The van der Waals surface area contributed by atoms with Crippen molar-refractivity contribution in [2.24, 2.45) is 17.6 Å². The van der Waals surface area contributed by atoms with Gasteiger partial charge in [-0.1, -0.05) is 6.42 Å². The maximum Gasteiger partial charge on any atom is 0.193 e. The van der Waals surface area contributed by atoms with Crippen LogP contribution in [0.3, 0.4) is 0 Å². The number of imidazole rings is 1. The van der Waals surface area contributed by atoms with Gasteiger partial charge in [0.15, 0.2) is 4.96 Å². The smallest absolute Gasteiger partial charge is 0.193 e. The maximum atomic E-state index is 5.81. The Morgan fingerprint density at radius 2 is 2.33 bits per heavy atom. The van der Waals surface area contributed by atoms with Crippen molar-refractivity contribution in [2.45, 2.75) is 25.9 Å². The predicted molar refractivity (Wildman–Crippen MR) is 72.6 cm³/mol. The molecule has 3 rings (SSSR count). The van der Waals surface area contributed by atoms with Gasteiger partial charge >= 0.3 is 0 Å². The van der Waals surface area contributed by atoms with Crippen LogP contribution in [-0.2, 0) is 11.3 Å². The fourth-order valence-corrected chi connectivity index (χ4v) is 3.52. The third kappa shape index (κ3) is 2.43. The summed E-state index contributed by atoms with van der Waals surface area (Å²) in [4.78, 5) is 5.54. The molecule has 18 heavy (non-hydrogen) atoms. The highest BCUT2D eigenvalue weighted by molar-refractivity contribution is 7.15. The highest BCUT2D eigenvalue weighted by atomic mass is 32.1. The summed E-state index contributed by atoms with van der Waals surface area (Å²) in [6.45, 7) is 2.24. The molecule has 2 atom stereocenters. The van der Waals surface area contributed by atoms with Crippen molar-refractivity contribution in [3.63, 3.8) is 0 Å². The second-order valence-corrected chi connectivity index (χ2v) is 5.90. The number of rotatable bonds is 5. The van der Waals surface area contributed by atoms with Crippen LogP contribution in [0.25, 0.3) is 4.96 Å². The monoisotopic (exact) mass is 265 g/mol. The third-order valence-electron chi connectivity index (χ3n) is 3.84. The largest absolute Gasteiger partial charge is 0.375 e. The zero-order chi connectivity index (χ0) is 12.4. The standard InChI is InChI=1S/C13H19N3OS/c14-6-10-2-1-3-11(10)8-17-9-12-7-16-4-5-18-13(16)15-12/h4-5,7,10-11H,1-3,6,8-9,14H2. The van der Waals surface area contributed by atoms with Gasteiger partial charge in [-0.2, -0.15) is 0 Å². The number of hydrogen-bond donors (Lipinski definition) is 1. The van der Waals surface area contributed by atoms with E-state index in [2.05, 4.69) is 4.98 Å². The van der Waals surface area contributed by atoms with Crippen LogP contribution in [0.15, 0.2) is 17.8 Å². The summed E-state index contributed by atoms with van der Waals surface area (Å²) in [6.07, 6.45) is 7.90. The van der Waals surface area contributed by atoms with Crippen molar-refractivity contribution in [3.05, 3.63) is 23.5 Å². The lowest BCUT2D eigenvalue weighted by molar-refractivity contribution is 0.0736. The number of hydrogen-bond acceptors (Lipinski definition) is 4. The van der Waals surface area contributed by atoms with Gasteiger partial charge < -0.3 is 10.5 Å². The van der Waals surface area contributed by atoms with Crippen molar-refractivity contribution >= 4 is 16.3 Å². The molecule has 2 heterocycles. The molecule has 98 valence electrons. The van der Waals surface area contributed by atoms with Gasteiger partial charge in [0.2, 0.25) is 0 Å². The minimum Gasteiger partial charge on any atom is -0.375 e. The Morgan fingerprint density at radius 3 is 3.17 bits per heavy atom. The van der Waals surface area contributed by atoms with E-state index in [1.54, 1.807) is 11.3 Å². The minimum atomic E-state index is 0.613. The van der Waals surface area contributed by atoms with Gasteiger partial charge in [0.05, 0.1) is 18.9 Å². The number of ether oxygens (including phenoxy) is 1. The van der Waals surface area contributed by atoms with Crippen LogP contribution in [-0.4, -0.2) is 22.5 Å². The molecule has 0 aromatic carbocycles. The number of nitrogens with zero attached hydrogens (tertiary/aromatic N) is 2. The first kappa shape index (κ1) is 12.1. The van der Waals surface area contributed by atoms with E-state index in [4.69, 9.17) is 10.5 Å². The molecule has 1 aliphatic rings. The van der Waals surface area contributed by atoms with Gasteiger partial charge in [0, 0.05) is 17.8 Å². The van der Waals surface area contributed by atoms with Crippen molar-refractivity contribution in [2.75, 3.05) is 13.2 Å². The topological polar surface area (TPSA) is 52.5 Å². The predicted octanol–water partition coefficient (Wildman–Crippen LogP) is 2.29.